The summed E-state index contributed by atoms with van der Waals surface area (Å²) in [6.07, 6.45) is 1.99. The summed E-state index contributed by atoms with van der Waals surface area (Å²) in [5.74, 6) is -1.17. The molecule has 1 atom stereocenters. The molecule has 1 N–H and O–H groups in total. The van der Waals surface area contributed by atoms with E-state index in [1.807, 2.05) is 0 Å². The van der Waals surface area contributed by atoms with Crippen molar-refractivity contribution in [1.29, 1.82) is 0 Å². The molecule has 112 valence electrons. The molecule has 1 aromatic carbocycles. The van der Waals surface area contributed by atoms with Crippen LogP contribution >= 0.6 is 0 Å². The first-order valence-corrected chi connectivity index (χ1v) is 6.44. The van der Waals surface area contributed by atoms with Crippen molar-refractivity contribution in [2.75, 3.05) is 0 Å². The molecule has 3 aromatic rings. The van der Waals surface area contributed by atoms with E-state index in [1.165, 1.54) is 6.07 Å². The fourth-order valence-corrected chi connectivity index (χ4v) is 1.96. The highest BCUT2D eigenvalue weighted by Gasteiger charge is 2.16. The van der Waals surface area contributed by atoms with Gasteiger partial charge in [-0.15, -0.1) is 10.2 Å². The maximum absolute atomic E-state index is 13.6. The predicted octanol–water partition coefficient (Wildman–Crippen LogP) is 1.75. The van der Waals surface area contributed by atoms with Gasteiger partial charge in [0.25, 0.3) is 0 Å². The molecular formula is C14H11F2N5O. The third-order valence-electron chi connectivity index (χ3n) is 3.03. The van der Waals surface area contributed by atoms with Crippen molar-refractivity contribution in [3.63, 3.8) is 0 Å². The molecule has 0 aliphatic rings. The molecule has 0 aliphatic heterocycles. The second-order valence-corrected chi connectivity index (χ2v) is 4.59. The number of tetrazole rings is 1. The molecule has 0 radical (unpaired) electrons. The van der Waals surface area contributed by atoms with E-state index in [0.717, 1.165) is 10.9 Å². The van der Waals surface area contributed by atoms with Gasteiger partial charge in [0.1, 0.15) is 17.7 Å². The zero-order valence-corrected chi connectivity index (χ0v) is 11.3. The summed E-state index contributed by atoms with van der Waals surface area (Å²) in [5, 5.41) is 21.8. The molecule has 0 saturated heterocycles. The zero-order chi connectivity index (χ0) is 15.5. The van der Waals surface area contributed by atoms with Crippen LogP contribution in [-0.2, 0) is 6.54 Å². The van der Waals surface area contributed by atoms with Crippen molar-refractivity contribution in [2.45, 2.75) is 12.6 Å². The van der Waals surface area contributed by atoms with Crippen molar-refractivity contribution in [3.8, 4) is 11.4 Å². The van der Waals surface area contributed by atoms with Gasteiger partial charge in [-0.1, -0.05) is 6.07 Å². The number of nitrogens with zero attached hydrogens (tertiary/aromatic N) is 5. The Bertz CT molecular complexity index is 778. The number of pyridine rings is 1. The van der Waals surface area contributed by atoms with Gasteiger partial charge < -0.3 is 5.11 Å². The highest BCUT2D eigenvalue weighted by Crippen LogP contribution is 2.19. The van der Waals surface area contributed by atoms with Gasteiger partial charge in [0.15, 0.2) is 0 Å². The van der Waals surface area contributed by atoms with Crippen LogP contribution in [0.3, 0.4) is 0 Å². The first kappa shape index (κ1) is 14.2. The smallest absolute Gasteiger partial charge is 0.206 e. The largest absolute Gasteiger partial charge is 0.386 e. The average molecular weight is 303 g/mol. The monoisotopic (exact) mass is 303 g/mol. The van der Waals surface area contributed by atoms with Gasteiger partial charge in [0.2, 0.25) is 5.82 Å². The molecule has 8 heteroatoms. The number of aliphatic hydroxyl groups excluding tert-OH is 1. The molecule has 22 heavy (non-hydrogen) atoms. The van der Waals surface area contributed by atoms with Gasteiger partial charge >= 0.3 is 0 Å². The number of benzene rings is 1. The van der Waals surface area contributed by atoms with Gasteiger partial charge in [-0.3, -0.25) is 4.98 Å². The third kappa shape index (κ3) is 2.96. The number of halogens is 2. The molecule has 0 saturated carbocycles. The van der Waals surface area contributed by atoms with E-state index in [-0.39, 0.29) is 12.1 Å². The lowest BCUT2D eigenvalue weighted by molar-refractivity contribution is 0.140. The lowest BCUT2D eigenvalue weighted by Crippen LogP contribution is -2.13. The summed E-state index contributed by atoms with van der Waals surface area (Å²) in [7, 11) is 0. The van der Waals surface area contributed by atoms with E-state index in [9.17, 15) is 13.9 Å². The summed E-state index contributed by atoms with van der Waals surface area (Å²) in [5.41, 5.74) is 0.651. The van der Waals surface area contributed by atoms with Gasteiger partial charge in [-0.05, 0) is 23.4 Å². The van der Waals surface area contributed by atoms with Crippen molar-refractivity contribution < 1.29 is 13.9 Å². The van der Waals surface area contributed by atoms with Gasteiger partial charge in [-0.2, -0.15) is 4.80 Å². The average Bonchev–Trinajstić information content (AvgIpc) is 2.96. The molecule has 0 spiro atoms. The minimum atomic E-state index is -1.21. The Morgan fingerprint density at radius 3 is 2.82 bits per heavy atom. The van der Waals surface area contributed by atoms with Crippen LogP contribution in [0.1, 0.15) is 11.7 Å². The van der Waals surface area contributed by atoms with E-state index >= 15 is 0 Å². The van der Waals surface area contributed by atoms with Crippen molar-refractivity contribution in [3.05, 3.63) is 59.9 Å². The standard InChI is InChI=1S/C14H11F2N5O/c15-10-3-4-11(12(16)6-10)13(22)8-21-19-14(18-20-21)9-2-1-5-17-7-9/h1-7,13,22H,8H2. The van der Waals surface area contributed by atoms with E-state index in [0.29, 0.717) is 17.5 Å². The second kappa shape index (κ2) is 5.94. The Labute approximate surface area is 124 Å². The first-order chi connectivity index (χ1) is 10.6. The highest BCUT2D eigenvalue weighted by molar-refractivity contribution is 5.51. The molecule has 2 heterocycles. The molecule has 2 aromatic heterocycles. The van der Waals surface area contributed by atoms with Crippen LogP contribution in [0.2, 0.25) is 0 Å². The quantitative estimate of drug-likeness (QED) is 0.794. The third-order valence-corrected chi connectivity index (χ3v) is 3.03. The highest BCUT2D eigenvalue weighted by atomic mass is 19.1. The van der Waals surface area contributed by atoms with Crippen LogP contribution in [0, 0.1) is 11.6 Å². The Morgan fingerprint density at radius 1 is 1.23 bits per heavy atom. The topological polar surface area (TPSA) is 76.7 Å². The number of hydrogen-bond acceptors (Lipinski definition) is 5. The second-order valence-electron chi connectivity index (χ2n) is 4.59. The molecular weight excluding hydrogens is 292 g/mol. The van der Waals surface area contributed by atoms with E-state index in [1.54, 1.807) is 24.5 Å². The number of aliphatic hydroxyl groups is 1. The summed E-state index contributed by atoms with van der Waals surface area (Å²) >= 11 is 0. The fourth-order valence-electron chi connectivity index (χ4n) is 1.96. The molecule has 3 rings (SSSR count). The van der Waals surface area contributed by atoms with Crippen LogP contribution in [0.25, 0.3) is 11.4 Å². The molecule has 0 bridgehead atoms. The van der Waals surface area contributed by atoms with E-state index in [2.05, 4.69) is 20.4 Å². The Balaban J connectivity index is 1.77. The van der Waals surface area contributed by atoms with Crippen LogP contribution in [0.4, 0.5) is 8.78 Å². The normalized spacial score (nSPS) is 12.3. The Kier molecular flexibility index (Phi) is 3.84. The maximum atomic E-state index is 13.6. The molecule has 6 nitrogen and oxygen atoms in total. The lowest BCUT2D eigenvalue weighted by Gasteiger charge is -2.10. The van der Waals surface area contributed by atoms with Gasteiger partial charge in [0.05, 0.1) is 6.54 Å². The predicted molar refractivity (Wildman–Crippen MR) is 72.4 cm³/mol. The maximum Gasteiger partial charge on any atom is 0.206 e. The summed E-state index contributed by atoms with van der Waals surface area (Å²) in [6.45, 7) is -0.101. The summed E-state index contributed by atoms with van der Waals surface area (Å²) in [6, 6.07) is 6.49. The fraction of sp³-hybridized carbons (Fsp3) is 0.143. The van der Waals surface area contributed by atoms with E-state index < -0.39 is 17.7 Å². The van der Waals surface area contributed by atoms with Crippen molar-refractivity contribution in [2.24, 2.45) is 0 Å². The van der Waals surface area contributed by atoms with Gasteiger partial charge in [-0.25, -0.2) is 8.78 Å². The van der Waals surface area contributed by atoms with E-state index in [4.69, 9.17) is 0 Å². The zero-order valence-electron chi connectivity index (χ0n) is 11.3. The van der Waals surface area contributed by atoms with Crippen LogP contribution in [-0.4, -0.2) is 30.3 Å². The Morgan fingerprint density at radius 2 is 2.09 bits per heavy atom. The molecule has 0 fully saturated rings. The number of aromatic nitrogens is 5. The number of rotatable bonds is 4. The van der Waals surface area contributed by atoms with Crippen LogP contribution in [0.5, 0.6) is 0 Å². The summed E-state index contributed by atoms with van der Waals surface area (Å²) < 4.78 is 26.5. The lowest BCUT2D eigenvalue weighted by atomic mass is 10.1. The first-order valence-electron chi connectivity index (χ1n) is 6.44. The summed E-state index contributed by atoms with van der Waals surface area (Å²) in [4.78, 5) is 5.10. The SMILES string of the molecule is OC(Cn1nnc(-c2cccnc2)n1)c1ccc(F)cc1F. The van der Waals surface area contributed by atoms with Crippen LogP contribution < -0.4 is 0 Å². The van der Waals surface area contributed by atoms with Crippen LogP contribution in [0.15, 0.2) is 42.7 Å². The number of hydrogen-bond donors (Lipinski definition) is 1. The Hall–Kier alpha value is -2.74. The van der Waals surface area contributed by atoms with Crippen molar-refractivity contribution in [1.82, 2.24) is 25.2 Å². The molecule has 0 amide bonds. The molecule has 1 unspecified atom stereocenters. The van der Waals surface area contributed by atoms with Gasteiger partial charge in [0, 0.05) is 29.6 Å². The minimum Gasteiger partial charge on any atom is -0.386 e. The minimum absolute atomic E-state index is 0.0263. The molecule has 0 aliphatic carbocycles. The van der Waals surface area contributed by atoms with Crippen molar-refractivity contribution >= 4 is 0 Å².